The largest absolute Gasteiger partial charge is 0.497 e. The van der Waals surface area contributed by atoms with Crippen molar-refractivity contribution in [2.45, 2.75) is 18.9 Å². The number of hydrogen-bond donors (Lipinski definition) is 1. The molecule has 2 amide bonds. The number of ether oxygens (including phenoxy) is 2. The van der Waals surface area contributed by atoms with Gasteiger partial charge in [0.05, 0.1) is 36.1 Å². The van der Waals surface area contributed by atoms with Crippen LogP contribution in [-0.2, 0) is 0 Å². The van der Waals surface area contributed by atoms with Crippen LogP contribution >= 0.6 is 15.9 Å². The first-order valence-corrected chi connectivity index (χ1v) is 9.36. The van der Waals surface area contributed by atoms with E-state index < -0.39 is 0 Å². The summed E-state index contributed by atoms with van der Waals surface area (Å²) in [5.41, 5.74) is 0.948. The summed E-state index contributed by atoms with van der Waals surface area (Å²) < 4.78 is 16.2. The van der Waals surface area contributed by atoms with E-state index in [0.29, 0.717) is 53.0 Å². The lowest BCUT2D eigenvalue weighted by molar-refractivity contribution is 0.0697. The molecule has 0 unspecified atom stereocenters. The van der Waals surface area contributed by atoms with Gasteiger partial charge in [0.1, 0.15) is 17.8 Å². The Hall–Kier alpha value is -2.48. The van der Waals surface area contributed by atoms with E-state index in [4.69, 9.17) is 13.9 Å². The van der Waals surface area contributed by atoms with Crippen molar-refractivity contribution in [3.05, 3.63) is 46.3 Å². The molecule has 3 rings (SSSR count). The number of nitrogens with zero attached hydrogens (tertiary/aromatic N) is 1. The molecule has 0 atom stereocenters. The molecule has 7 nitrogen and oxygen atoms in total. The van der Waals surface area contributed by atoms with Crippen LogP contribution in [0, 0.1) is 0 Å². The van der Waals surface area contributed by atoms with Crippen LogP contribution in [0.3, 0.4) is 0 Å². The molecule has 2 heterocycles. The second-order valence-corrected chi connectivity index (χ2v) is 7.10. The lowest BCUT2D eigenvalue weighted by Crippen LogP contribution is -2.46. The van der Waals surface area contributed by atoms with Crippen LogP contribution in [0.5, 0.6) is 11.5 Å². The van der Waals surface area contributed by atoms with E-state index in [1.807, 2.05) is 0 Å². The number of hydrogen-bond acceptors (Lipinski definition) is 5. The molecule has 144 valence electrons. The van der Waals surface area contributed by atoms with Crippen molar-refractivity contribution in [3.63, 3.8) is 0 Å². The molecule has 1 fully saturated rings. The molecular formula is C19H21BrN2O5. The van der Waals surface area contributed by atoms with Crippen molar-refractivity contribution >= 4 is 27.7 Å². The second kappa shape index (κ2) is 8.47. The number of likely N-dealkylation sites (tertiary alicyclic amines) is 1. The third-order valence-electron chi connectivity index (χ3n) is 4.59. The third kappa shape index (κ3) is 4.27. The summed E-state index contributed by atoms with van der Waals surface area (Å²) in [4.78, 5) is 26.9. The lowest BCUT2D eigenvalue weighted by Gasteiger charge is -2.32. The van der Waals surface area contributed by atoms with E-state index in [1.54, 1.807) is 30.2 Å². The molecule has 0 bridgehead atoms. The molecule has 8 heteroatoms. The predicted octanol–water partition coefficient (Wildman–Crippen LogP) is 3.09. The number of carbonyl (C=O) groups excluding carboxylic acids is 2. The van der Waals surface area contributed by atoms with Crippen LogP contribution in [-0.4, -0.2) is 50.1 Å². The number of rotatable bonds is 5. The van der Waals surface area contributed by atoms with Crippen LogP contribution in [0.1, 0.15) is 33.6 Å². The topological polar surface area (TPSA) is 81.0 Å². The van der Waals surface area contributed by atoms with Gasteiger partial charge in [-0.2, -0.15) is 0 Å². The van der Waals surface area contributed by atoms with Crippen molar-refractivity contribution in [1.29, 1.82) is 0 Å². The highest BCUT2D eigenvalue weighted by atomic mass is 79.9. The van der Waals surface area contributed by atoms with Crippen LogP contribution in [0.25, 0.3) is 0 Å². The zero-order chi connectivity index (χ0) is 19.4. The first-order valence-electron chi connectivity index (χ1n) is 8.57. The normalized spacial score (nSPS) is 14.7. The van der Waals surface area contributed by atoms with Gasteiger partial charge in [-0.25, -0.2) is 0 Å². The van der Waals surface area contributed by atoms with Gasteiger partial charge in [-0.15, -0.1) is 0 Å². The molecule has 1 aromatic heterocycles. The number of benzene rings is 1. The maximum absolute atomic E-state index is 12.8. The first kappa shape index (κ1) is 19.3. The van der Waals surface area contributed by atoms with Gasteiger partial charge >= 0.3 is 0 Å². The Morgan fingerprint density at radius 3 is 2.56 bits per heavy atom. The number of methoxy groups -OCH3 is 2. The maximum atomic E-state index is 12.8. The fraction of sp³-hybridized carbons (Fsp3) is 0.368. The lowest BCUT2D eigenvalue weighted by atomic mass is 10.0. The van der Waals surface area contributed by atoms with Crippen LogP contribution < -0.4 is 14.8 Å². The summed E-state index contributed by atoms with van der Waals surface area (Å²) in [5.74, 6) is 0.743. The number of halogens is 1. The SMILES string of the molecule is COc1cc(Br)c(OC)c(C(=O)NC2CCN(C(=O)c3ccoc3)CC2)c1. The van der Waals surface area contributed by atoms with Gasteiger partial charge in [-0.05, 0) is 47.0 Å². The number of piperidine rings is 1. The summed E-state index contributed by atoms with van der Waals surface area (Å²) in [6.45, 7) is 1.15. The Bertz CT molecular complexity index is 814. The molecule has 0 aliphatic carbocycles. The van der Waals surface area contributed by atoms with E-state index in [-0.39, 0.29) is 17.9 Å². The zero-order valence-corrected chi connectivity index (χ0v) is 16.7. The fourth-order valence-electron chi connectivity index (χ4n) is 3.12. The molecule has 27 heavy (non-hydrogen) atoms. The molecule has 1 aromatic carbocycles. The van der Waals surface area contributed by atoms with Crippen LogP contribution in [0.2, 0.25) is 0 Å². The summed E-state index contributed by atoms with van der Waals surface area (Å²) in [6.07, 6.45) is 4.30. The van der Waals surface area contributed by atoms with Crippen molar-refractivity contribution in [3.8, 4) is 11.5 Å². The van der Waals surface area contributed by atoms with Crippen LogP contribution in [0.15, 0.2) is 39.6 Å². The van der Waals surface area contributed by atoms with E-state index in [9.17, 15) is 9.59 Å². The highest BCUT2D eigenvalue weighted by molar-refractivity contribution is 9.10. The van der Waals surface area contributed by atoms with Gasteiger partial charge in [0, 0.05) is 19.1 Å². The zero-order valence-electron chi connectivity index (χ0n) is 15.2. The maximum Gasteiger partial charge on any atom is 0.257 e. The third-order valence-corrected chi connectivity index (χ3v) is 5.18. The Morgan fingerprint density at radius 2 is 1.96 bits per heavy atom. The molecule has 0 spiro atoms. The number of nitrogens with one attached hydrogen (secondary N) is 1. The van der Waals surface area contributed by atoms with Crippen molar-refractivity contribution in [2.75, 3.05) is 27.3 Å². The summed E-state index contributed by atoms with van der Waals surface area (Å²) in [6, 6.07) is 5.04. The monoisotopic (exact) mass is 436 g/mol. The van der Waals surface area contributed by atoms with E-state index in [1.165, 1.54) is 19.6 Å². The van der Waals surface area contributed by atoms with Gasteiger partial charge in [-0.3, -0.25) is 9.59 Å². The average Bonchev–Trinajstić information content (AvgIpc) is 3.22. The minimum absolute atomic E-state index is 0.0133. The minimum atomic E-state index is -0.230. The molecule has 1 aliphatic heterocycles. The van der Waals surface area contributed by atoms with Crippen molar-refractivity contribution in [2.24, 2.45) is 0 Å². The summed E-state index contributed by atoms with van der Waals surface area (Å²) >= 11 is 3.40. The molecule has 2 aromatic rings. The van der Waals surface area contributed by atoms with E-state index >= 15 is 0 Å². The van der Waals surface area contributed by atoms with Crippen molar-refractivity contribution in [1.82, 2.24) is 10.2 Å². The van der Waals surface area contributed by atoms with E-state index in [0.717, 1.165) is 0 Å². The van der Waals surface area contributed by atoms with Gasteiger partial charge in [0.25, 0.3) is 11.8 Å². The molecule has 0 saturated carbocycles. The average molecular weight is 437 g/mol. The Balaban J connectivity index is 1.63. The fourth-order valence-corrected chi connectivity index (χ4v) is 3.72. The van der Waals surface area contributed by atoms with Crippen molar-refractivity contribution < 1.29 is 23.5 Å². The van der Waals surface area contributed by atoms with E-state index in [2.05, 4.69) is 21.2 Å². The standard InChI is InChI=1S/C19H21BrN2O5/c1-25-14-9-15(17(26-2)16(20)10-14)18(23)21-13-3-6-22(7-4-13)19(24)12-5-8-27-11-12/h5,8-11,13H,3-4,6-7H2,1-2H3,(H,21,23). The van der Waals surface area contributed by atoms with Gasteiger partial charge in [0.15, 0.2) is 0 Å². The summed E-state index contributed by atoms with van der Waals surface area (Å²) in [5, 5.41) is 3.03. The highest BCUT2D eigenvalue weighted by Gasteiger charge is 2.26. The Morgan fingerprint density at radius 1 is 1.22 bits per heavy atom. The quantitative estimate of drug-likeness (QED) is 0.778. The van der Waals surface area contributed by atoms with Crippen LogP contribution in [0.4, 0.5) is 0 Å². The number of furan rings is 1. The van der Waals surface area contributed by atoms with Gasteiger partial charge < -0.3 is 24.1 Å². The minimum Gasteiger partial charge on any atom is -0.497 e. The Kier molecular flexibility index (Phi) is 6.05. The Labute approximate surface area is 165 Å². The molecule has 1 aliphatic rings. The molecule has 0 radical (unpaired) electrons. The van der Waals surface area contributed by atoms with Gasteiger partial charge in [0.2, 0.25) is 0 Å². The molecule has 1 N–H and O–H groups in total. The smallest absolute Gasteiger partial charge is 0.257 e. The first-order chi connectivity index (χ1) is 13.0. The second-order valence-electron chi connectivity index (χ2n) is 6.24. The summed E-state index contributed by atoms with van der Waals surface area (Å²) in [7, 11) is 3.06. The molecular weight excluding hydrogens is 416 g/mol. The number of carbonyl (C=O) groups is 2. The number of amides is 2. The predicted molar refractivity (Wildman–Crippen MR) is 102 cm³/mol. The highest BCUT2D eigenvalue weighted by Crippen LogP contribution is 2.33. The van der Waals surface area contributed by atoms with Gasteiger partial charge in [-0.1, -0.05) is 0 Å². The molecule has 1 saturated heterocycles.